The van der Waals surface area contributed by atoms with Crippen molar-refractivity contribution in [2.24, 2.45) is 17.8 Å². The Labute approximate surface area is 201 Å². The van der Waals surface area contributed by atoms with E-state index >= 15 is 0 Å². The van der Waals surface area contributed by atoms with Crippen LogP contribution in [0.15, 0.2) is 84.9 Å². The second-order valence-corrected chi connectivity index (χ2v) is 11.8. The van der Waals surface area contributed by atoms with Gasteiger partial charge in [0.1, 0.15) is 0 Å². The first-order chi connectivity index (χ1) is 16.2. The van der Waals surface area contributed by atoms with Gasteiger partial charge >= 0.3 is 0 Å². The molecule has 4 saturated carbocycles. The fraction of sp³-hybridized carbons (Fsp3) is 0.367. The molecule has 0 aliphatic heterocycles. The molecule has 33 heavy (non-hydrogen) atoms. The van der Waals surface area contributed by atoms with Crippen molar-refractivity contribution in [3.63, 3.8) is 0 Å². The highest BCUT2D eigenvalue weighted by molar-refractivity contribution is 7.99. The Morgan fingerprint density at radius 3 is 1.94 bits per heavy atom. The van der Waals surface area contributed by atoms with Gasteiger partial charge in [0, 0.05) is 21.8 Å². The smallest absolute Gasteiger partial charge is 0.262 e. The molecule has 4 aliphatic carbocycles. The van der Waals surface area contributed by atoms with E-state index in [-0.39, 0.29) is 5.91 Å². The molecule has 7 rings (SSSR count). The van der Waals surface area contributed by atoms with Crippen LogP contribution in [0.3, 0.4) is 0 Å². The van der Waals surface area contributed by atoms with Gasteiger partial charge in [0.2, 0.25) is 0 Å². The van der Waals surface area contributed by atoms with Gasteiger partial charge in [-0.15, -0.1) is 0 Å². The summed E-state index contributed by atoms with van der Waals surface area (Å²) < 4.78 is 0.461. The lowest BCUT2D eigenvalue weighted by Crippen LogP contribution is -2.48. The summed E-state index contributed by atoms with van der Waals surface area (Å²) in [6.45, 7) is 0. The van der Waals surface area contributed by atoms with Crippen LogP contribution in [0.4, 0.5) is 11.4 Å². The lowest BCUT2D eigenvalue weighted by atomic mass is 9.56. The first-order valence-corrected chi connectivity index (χ1v) is 13.3. The highest BCUT2D eigenvalue weighted by atomic mass is 32.2. The molecule has 0 radical (unpaired) electrons. The van der Waals surface area contributed by atoms with Crippen molar-refractivity contribution in [2.45, 2.75) is 49.0 Å². The molecule has 0 unspecified atom stereocenters. The van der Waals surface area contributed by atoms with Crippen LogP contribution in [-0.2, 0) is 5.75 Å². The highest BCUT2D eigenvalue weighted by Crippen LogP contribution is 2.61. The molecular formula is C30H31NOS. The third-order valence-electron chi connectivity index (χ3n) is 7.99. The Morgan fingerprint density at radius 2 is 1.30 bits per heavy atom. The minimum Gasteiger partial charge on any atom is -0.277 e. The fourth-order valence-electron chi connectivity index (χ4n) is 6.94. The summed E-state index contributed by atoms with van der Waals surface area (Å²) in [7, 11) is 0. The topological polar surface area (TPSA) is 20.3 Å². The zero-order chi connectivity index (χ0) is 22.3. The van der Waals surface area contributed by atoms with Gasteiger partial charge in [-0.3, -0.25) is 9.69 Å². The molecule has 2 nitrogen and oxygen atoms in total. The van der Waals surface area contributed by atoms with E-state index in [1.54, 1.807) is 0 Å². The number of carbonyl (C=O) groups is 1. The quantitative estimate of drug-likeness (QED) is 0.378. The molecule has 4 aliphatic rings. The van der Waals surface area contributed by atoms with Crippen molar-refractivity contribution >= 4 is 29.0 Å². The molecule has 0 spiro atoms. The summed E-state index contributed by atoms with van der Waals surface area (Å²) >= 11 is 2.18. The molecule has 0 N–H and O–H groups in total. The van der Waals surface area contributed by atoms with Gasteiger partial charge in [-0.1, -0.05) is 54.6 Å². The Balaban J connectivity index is 1.32. The number of rotatable bonds is 6. The van der Waals surface area contributed by atoms with Crippen LogP contribution in [0, 0.1) is 17.8 Å². The van der Waals surface area contributed by atoms with Crippen LogP contribution in [0.2, 0.25) is 0 Å². The van der Waals surface area contributed by atoms with Crippen LogP contribution < -0.4 is 4.90 Å². The number of thioether (sulfide) groups is 1. The lowest BCUT2D eigenvalue weighted by Gasteiger charge is -2.56. The summed E-state index contributed by atoms with van der Waals surface area (Å²) in [4.78, 5) is 15.7. The summed E-state index contributed by atoms with van der Waals surface area (Å²) in [5, 5.41) is 0. The molecule has 3 aromatic rings. The van der Waals surface area contributed by atoms with Crippen molar-refractivity contribution in [3.05, 3.63) is 96.1 Å². The van der Waals surface area contributed by atoms with E-state index in [4.69, 9.17) is 0 Å². The van der Waals surface area contributed by atoms with E-state index in [0.717, 1.165) is 34.9 Å². The molecule has 3 heteroatoms. The summed E-state index contributed by atoms with van der Waals surface area (Å²) in [5.41, 5.74) is 3.89. The molecule has 0 atom stereocenters. The highest BCUT2D eigenvalue weighted by Gasteiger charge is 2.51. The Morgan fingerprint density at radius 1 is 0.758 bits per heavy atom. The minimum atomic E-state index is 0.0223. The second kappa shape index (κ2) is 8.68. The zero-order valence-electron chi connectivity index (χ0n) is 19.0. The number of carbonyl (C=O) groups excluding carboxylic acids is 1. The molecular weight excluding hydrogens is 422 g/mol. The molecule has 0 heterocycles. The third-order valence-corrected chi connectivity index (χ3v) is 9.55. The van der Waals surface area contributed by atoms with Gasteiger partial charge in [0.15, 0.2) is 0 Å². The molecule has 168 valence electrons. The maximum atomic E-state index is 13.7. The number of anilines is 2. The van der Waals surface area contributed by atoms with Gasteiger partial charge in [-0.2, -0.15) is 11.8 Å². The SMILES string of the molecule is O=C(c1ccccc1)N(c1ccccc1)c1ccccc1CSC12CC3CC(CC(C3)C1)C2. The molecule has 0 aromatic heterocycles. The first-order valence-electron chi connectivity index (χ1n) is 12.4. The molecule has 1 amide bonds. The van der Waals surface area contributed by atoms with Gasteiger partial charge in [-0.25, -0.2) is 0 Å². The Bertz CT molecular complexity index is 1090. The van der Waals surface area contributed by atoms with Crippen LogP contribution in [-0.4, -0.2) is 10.7 Å². The van der Waals surface area contributed by atoms with Gasteiger partial charge < -0.3 is 0 Å². The number of para-hydroxylation sites is 2. The third kappa shape index (κ3) is 4.12. The van der Waals surface area contributed by atoms with E-state index in [2.05, 4.69) is 36.0 Å². The zero-order valence-corrected chi connectivity index (χ0v) is 19.8. The van der Waals surface area contributed by atoms with Crippen molar-refractivity contribution in [1.29, 1.82) is 0 Å². The van der Waals surface area contributed by atoms with Crippen LogP contribution >= 0.6 is 11.8 Å². The van der Waals surface area contributed by atoms with Crippen molar-refractivity contribution in [3.8, 4) is 0 Å². The molecule has 4 fully saturated rings. The average molecular weight is 454 g/mol. The van der Waals surface area contributed by atoms with Crippen LogP contribution in [0.5, 0.6) is 0 Å². The number of nitrogens with zero attached hydrogens (tertiary/aromatic N) is 1. The summed E-state index contributed by atoms with van der Waals surface area (Å²) in [6, 6.07) is 28.2. The predicted molar refractivity (Wildman–Crippen MR) is 138 cm³/mol. The molecule has 3 aromatic carbocycles. The normalized spacial score (nSPS) is 27.5. The van der Waals surface area contributed by atoms with Gasteiger partial charge in [0.05, 0.1) is 5.69 Å². The van der Waals surface area contributed by atoms with Crippen molar-refractivity contribution in [2.75, 3.05) is 4.90 Å². The first kappa shape index (κ1) is 21.0. The van der Waals surface area contributed by atoms with Crippen molar-refractivity contribution in [1.82, 2.24) is 0 Å². The van der Waals surface area contributed by atoms with E-state index in [1.807, 2.05) is 65.6 Å². The minimum absolute atomic E-state index is 0.0223. The van der Waals surface area contributed by atoms with Gasteiger partial charge in [0.25, 0.3) is 5.91 Å². The van der Waals surface area contributed by atoms with Gasteiger partial charge in [-0.05, 0) is 92.2 Å². The maximum absolute atomic E-state index is 13.7. The Kier molecular flexibility index (Phi) is 5.54. The monoisotopic (exact) mass is 453 g/mol. The largest absolute Gasteiger partial charge is 0.277 e. The van der Waals surface area contributed by atoms with Crippen LogP contribution in [0.1, 0.15) is 54.4 Å². The standard InChI is InChI=1S/C30H31NOS/c32-29(25-9-3-1-4-10-25)31(27-12-5-2-6-13-27)28-14-8-7-11-26(28)21-33-30-18-22-15-23(19-30)17-24(16-22)20-30/h1-14,22-24H,15-21H2. The maximum Gasteiger partial charge on any atom is 0.262 e. The van der Waals surface area contributed by atoms with E-state index in [0.29, 0.717) is 10.3 Å². The number of hydrogen-bond donors (Lipinski definition) is 0. The predicted octanol–water partition coefficient (Wildman–Crippen LogP) is 7.87. The van der Waals surface area contributed by atoms with Crippen LogP contribution in [0.25, 0.3) is 0 Å². The second-order valence-electron chi connectivity index (χ2n) is 10.4. The lowest BCUT2D eigenvalue weighted by molar-refractivity contribution is 0.0383. The van der Waals surface area contributed by atoms with Crippen molar-refractivity contribution < 1.29 is 4.79 Å². The van der Waals surface area contributed by atoms with E-state index in [1.165, 1.54) is 44.1 Å². The number of hydrogen-bond acceptors (Lipinski definition) is 2. The number of benzene rings is 3. The number of amides is 1. The molecule has 4 bridgehead atoms. The molecule has 0 saturated heterocycles. The summed E-state index contributed by atoms with van der Waals surface area (Å²) in [5.74, 6) is 3.86. The summed E-state index contributed by atoms with van der Waals surface area (Å²) in [6.07, 6.45) is 8.63. The Hall–Kier alpha value is -2.52. The van der Waals surface area contributed by atoms with E-state index in [9.17, 15) is 4.79 Å². The fourth-order valence-corrected chi connectivity index (χ4v) is 8.71. The average Bonchev–Trinajstić information content (AvgIpc) is 2.84. The van der Waals surface area contributed by atoms with E-state index < -0.39 is 0 Å².